The van der Waals surface area contributed by atoms with Gasteiger partial charge in [0.1, 0.15) is 0 Å². The molecule has 0 bridgehead atoms. The molecule has 0 aliphatic carbocycles. The first-order valence-corrected chi connectivity index (χ1v) is 10.2. The summed E-state index contributed by atoms with van der Waals surface area (Å²) >= 11 is 18.8. The number of amides is 1. The van der Waals surface area contributed by atoms with E-state index in [-0.39, 0.29) is 17.2 Å². The Balaban J connectivity index is 1.81. The van der Waals surface area contributed by atoms with Crippen molar-refractivity contribution in [2.45, 2.75) is 0 Å². The maximum absolute atomic E-state index is 12.4. The van der Waals surface area contributed by atoms with Crippen molar-refractivity contribution in [2.75, 3.05) is 5.32 Å². The van der Waals surface area contributed by atoms with E-state index in [1.54, 1.807) is 60.7 Å². The van der Waals surface area contributed by atoms with Crippen LogP contribution in [-0.4, -0.2) is 11.9 Å². The molecule has 0 radical (unpaired) electrons. The number of rotatable bonds is 4. The Hall–Kier alpha value is -1.86. The van der Waals surface area contributed by atoms with Crippen LogP contribution in [-0.2, 0) is 0 Å². The number of carbonyl (C=O) groups excluding carboxylic acids is 2. The Labute approximate surface area is 188 Å². The molecule has 28 heavy (non-hydrogen) atoms. The second kappa shape index (κ2) is 9.09. The Morgan fingerprint density at radius 3 is 1.86 bits per heavy atom. The van der Waals surface area contributed by atoms with Crippen molar-refractivity contribution in [3.05, 3.63) is 90.8 Å². The molecule has 3 aromatic carbocycles. The van der Waals surface area contributed by atoms with Gasteiger partial charge in [-0.1, -0.05) is 47.5 Å². The summed E-state index contributed by atoms with van der Waals surface area (Å²) in [7, 11) is 0. The van der Waals surface area contributed by atoms with Gasteiger partial charge in [-0.2, -0.15) is 0 Å². The molecule has 3 aromatic rings. The number of benzene rings is 3. The van der Waals surface area contributed by atoms with E-state index in [2.05, 4.69) is 37.2 Å². The SMILES string of the molecule is O=C(Nc1cc(Br)c(OC(=O)c2ccccc2Cl)c(Br)c1)c1ccccc1Cl. The maximum Gasteiger partial charge on any atom is 0.345 e. The maximum atomic E-state index is 12.4. The second-order valence-corrected chi connectivity index (χ2v) is 8.10. The van der Waals surface area contributed by atoms with E-state index in [1.807, 2.05) is 0 Å². The lowest BCUT2D eigenvalue weighted by atomic mass is 10.2. The van der Waals surface area contributed by atoms with E-state index in [9.17, 15) is 9.59 Å². The fraction of sp³-hybridized carbons (Fsp3) is 0. The van der Waals surface area contributed by atoms with Crippen LogP contribution in [0.2, 0.25) is 10.0 Å². The van der Waals surface area contributed by atoms with Crippen LogP contribution >= 0.6 is 55.1 Å². The fourth-order valence-electron chi connectivity index (χ4n) is 2.35. The fourth-order valence-corrected chi connectivity index (χ4v) is 4.13. The first kappa shape index (κ1) is 20.9. The van der Waals surface area contributed by atoms with Gasteiger partial charge in [0.05, 0.1) is 30.1 Å². The summed E-state index contributed by atoms with van der Waals surface area (Å²) in [6.45, 7) is 0. The highest BCUT2D eigenvalue weighted by molar-refractivity contribution is 9.11. The molecule has 0 saturated heterocycles. The van der Waals surface area contributed by atoms with E-state index in [4.69, 9.17) is 27.9 Å². The molecular weight excluding hydrogens is 533 g/mol. The van der Waals surface area contributed by atoms with Crippen LogP contribution < -0.4 is 10.1 Å². The topological polar surface area (TPSA) is 55.4 Å². The largest absolute Gasteiger partial charge is 0.420 e. The van der Waals surface area contributed by atoms with Gasteiger partial charge in [-0.25, -0.2) is 4.79 Å². The number of esters is 1. The van der Waals surface area contributed by atoms with Crippen molar-refractivity contribution in [3.63, 3.8) is 0 Å². The van der Waals surface area contributed by atoms with E-state index < -0.39 is 5.97 Å². The van der Waals surface area contributed by atoms with Gasteiger partial charge >= 0.3 is 5.97 Å². The Kier molecular flexibility index (Phi) is 6.78. The number of hydrogen-bond donors (Lipinski definition) is 1. The summed E-state index contributed by atoms with van der Waals surface area (Å²) in [4.78, 5) is 24.8. The van der Waals surface area contributed by atoms with Gasteiger partial charge in [-0.05, 0) is 68.3 Å². The molecule has 0 atom stereocenters. The van der Waals surface area contributed by atoms with Gasteiger partial charge in [0, 0.05) is 5.69 Å². The van der Waals surface area contributed by atoms with Gasteiger partial charge in [0.2, 0.25) is 0 Å². The van der Waals surface area contributed by atoms with Gasteiger partial charge in [0.15, 0.2) is 5.75 Å². The van der Waals surface area contributed by atoms with E-state index >= 15 is 0 Å². The van der Waals surface area contributed by atoms with Gasteiger partial charge < -0.3 is 10.1 Å². The minimum Gasteiger partial charge on any atom is -0.420 e. The molecule has 1 amide bonds. The summed E-state index contributed by atoms with van der Waals surface area (Å²) in [5.41, 5.74) is 1.09. The van der Waals surface area contributed by atoms with Crippen molar-refractivity contribution in [1.82, 2.24) is 0 Å². The van der Waals surface area contributed by atoms with Crippen molar-refractivity contribution in [2.24, 2.45) is 0 Å². The molecule has 0 aliphatic heterocycles. The highest BCUT2D eigenvalue weighted by Crippen LogP contribution is 2.37. The predicted molar refractivity (Wildman–Crippen MR) is 118 cm³/mol. The highest BCUT2D eigenvalue weighted by atomic mass is 79.9. The van der Waals surface area contributed by atoms with Crippen LogP contribution in [0.1, 0.15) is 20.7 Å². The number of anilines is 1. The molecule has 8 heteroatoms. The average Bonchev–Trinajstić information content (AvgIpc) is 2.65. The lowest BCUT2D eigenvalue weighted by Crippen LogP contribution is -2.13. The van der Waals surface area contributed by atoms with Gasteiger partial charge in [0.25, 0.3) is 5.91 Å². The van der Waals surface area contributed by atoms with Crippen molar-refractivity contribution in [1.29, 1.82) is 0 Å². The van der Waals surface area contributed by atoms with Gasteiger partial charge in [-0.3, -0.25) is 4.79 Å². The number of carbonyl (C=O) groups is 2. The van der Waals surface area contributed by atoms with Crippen LogP contribution in [0.4, 0.5) is 5.69 Å². The first-order chi connectivity index (χ1) is 13.4. The van der Waals surface area contributed by atoms with E-state index in [0.717, 1.165) is 0 Å². The zero-order chi connectivity index (χ0) is 20.3. The Morgan fingerprint density at radius 2 is 1.32 bits per heavy atom. The predicted octanol–water partition coefficient (Wildman–Crippen LogP) is 6.99. The minimum absolute atomic E-state index is 0.249. The first-order valence-electron chi connectivity index (χ1n) is 7.88. The summed E-state index contributed by atoms with van der Waals surface area (Å²) < 4.78 is 6.39. The Bertz CT molecular complexity index is 1050. The number of nitrogens with one attached hydrogen (secondary N) is 1. The molecule has 4 nitrogen and oxygen atoms in total. The van der Waals surface area contributed by atoms with Crippen LogP contribution in [0, 0.1) is 0 Å². The highest BCUT2D eigenvalue weighted by Gasteiger charge is 2.18. The molecule has 0 unspecified atom stereocenters. The quantitative estimate of drug-likeness (QED) is 0.285. The molecule has 1 N–H and O–H groups in total. The van der Waals surface area contributed by atoms with E-state index in [1.165, 1.54) is 0 Å². The third-order valence-corrected chi connectivity index (χ3v) is 5.50. The third-order valence-electron chi connectivity index (χ3n) is 3.66. The molecule has 0 saturated carbocycles. The monoisotopic (exact) mass is 541 g/mol. The minimum atomic E-state index is -0.597. The van der Waals surface area contributed by atoms with Crippen LogP contribution in [0.5, 0.6) is 5.75 Å². The van der Waals surface area contributed by atoms with Crippen molar-refractivity contribution < 1.29 is 14.3 Å². The number of halogens is 4. The van der Waals surface area contributed by atoms with Crippen molar-refractivity contribution >= 4 is 72.6 Å². The molecule has 0 aromatic heterocycles. The smallest absolute Gasteiger partial charge is 0.345 e. The van der Waals surface area contributed by atoms with Crippen LogP contribution in [0.3, 0.4) is 0 Å². The molecule has 0 fully saturated rings. The standard InChI is InChI=1S/C20H11Br2Cl2NO3/c21-14-9-11(25-19(26)12-5-1-3-7-16(12)23)10-15(22)18(14)28-20(27)13-6-2-4-8-17(13)24/h1-10H,(H,25,26). The lowest BCUT2D eigenvalue weighted by Gasteiger charge is -2.13. The molecule has 0 spiro atoms. The summed E-state index contributed by atoms with van der Waals surface area (Å²) in [6, 6.07) is 16.6. The molecule has 0 aliphatic rings. The zero-order valence-corrected chi connectivity index (χ0v) is 18.7. The molecular formula is C20H11Br2Cl2NO3. The number of ether oxygens (including phenoxy) is 1. The second-order valence-electron chi connectivity index (χ2n) is 5.57. The van der Waals surface area contributed by atoms with Crippen molar-refractivity contribution in [3.8, 4) is 5.75 Å². The lowest BCUT2D eigenvalue weighted by molar-refractivity contribution is 0.0732. The van der Waals surface area contributed by atoms with Gasteiger partial charge in [-0.15, -0.1) is 0 Å². The molecule has 3 rings (SSSR count). The molecule has 0 heterocycles. The molecule has 142 valence electrons. The van der Waals surface area contributed by atoms with Crippen LogP contribution in [0.15, 0.2) is 69.6 Å². The number of hydrogen-bond acceptors (Lipinski definition) is 3. The Morgan fingerprint density at radius 1 is 0.821 bits per heavy atom. The summed E-state index contributed by atoms with van der Waals surface area (Å²) in [5, 5.41) is 3.40. The average molecular weight is 544 g/mol. The van der Waals surface area contributed by atoms with E-state index in [0.29, 0.717) is 30.2 Å². The summed E-state index contributed by atoms with van der Waals surface area (Å²) in [5.74, 6) is -0.689. The summed E-state index contributed by atoms with van der Waals surface area (Å²) in [6.07, 6.45) is 0. The van der Waals surface area contributed by atoms with Crippen LogP contribution in [0.25, 0.3) is 0 Å². The zero-order valence-electron chi connectivity index (χ0n) is 14.0. The normalized spacial score (nSPS) is 10.4. The third kappa shape index (κ3) is 4.75.